The van der Waals surface area contributed by atoms with Crippen LogP contribution in [0.2, 0.25) is 0 Å². The van der Waals surface area contributed by atoms with Crippen LogP contribution < -0.4 is 11.2 Å². The van der Waals surface area contributed by atoms with Crippen LogP contribution in [0.5, 0.6) is 0 Å². The number of nitrogens with zero attached hydrogens (tertiary/aromatic N) is 4. The molecule has 2 heterocycles. The largest absolute Gasteiger partial charge is 0.332 e. The molecule has 6 nitrogen and oxygen atoms in total. The highest BCUT2D eigenvalue weighted by Crippen LogP contribution is 2.26. The molecule has 1 unspecified atom stereocenters. The third kappa shape index (κ3) is 3.40. The Morgan fingerprint density at radius 2 is 2.17 bits per heavy atom. The van der Waals surface area contributed by atoms with Crippen LogP contribution in [-0.4, -0.2) is 14.8 Å². The van der Waals surface area contributed by atoms with Gasteiger partial charge in [0.05, 0.1) is 5.56 Å². The maximum absolute atomic E-state index is 12.5. The minimum absolute atomic E-state index is 0.0520. The van der Waals surface area contributed by atoms with E-state index in [4.69, 9.17) is 0 Å². The first kappa shape index (κ1) is 17.9. The van der Waals surface area contributed by atoms with Gasteiger partial charge in [-0.1, -0.05) is 25.8 Å². The average Bonchev–Trinajstić information content (AvgIpc) is 2.76. The van der Waals surface area contributed by atoms with Crippen molar-refractivity contribution >= 4 is 11.5 Å². The van der Waals surface area contributed by atoms with Gasteiger partial charge in [0, 0.05) is 19.5 Å². The van der Waals surface area contributed by atoms with Gasteiger partial charge in [-0.05, 0) is 25.7 Å². The van der Waals surface area contributed by atoms with E-state index in [0.29, 0.717) is 42.9 Å². The van der Waals surface area contributed by atoms with E-state index in [1.54, 1.807) is 10.6 Å². The summed E-state index contributed by atoms with van der Waals surface area (Å²) in [5, 5.41) is 9.45. The van der Waals surface area contributed by atoms with E-state index in [-0.39, 0.29) is 17.2 Å². The van der Waals surface area contributed by atoms with Crippen LogP contribution in [-0.2, 0) is 20.0 Å². The van der Waals surface area contributed by atoms with E-state index in [1.807, 2.05) is 0 Å². The van der Waals surface area contributed by atoms with Gasteiger partial charge in [0.1, 0.15) is 17.6 Å². The van der Waals surface area contributed by atoms with Crippen LogP contribution in [0.1, 0.15) is 44.6 Å². The van der Waals surface area contributed by atoms with Crippen molar-refractivity contribution in [1.29, 1.82) is 5.26 Å². The van der Waals surface area contributed by atoms with Crippen LogP contribution in [0.15, 0.2) is 27.2 Å². The summed E-state index contributed by atoms with van der Waals surface area (Å²) in [5.74, 6) is 0.325. The lowest BCUT2D eigenvalue weighted by Crippen LogP contribution is -2.40. The fourth-order valence-corrected chi connectivity index (χ4v) is 3.10. The summed E-state index contributed by atoms with van der Waals surface area (Å²) in [7, 11) is 1.50. The zero-order valence-corrected chi connectivity index (χ0v) is 14.4. The van der Waals surface area contributed by atoms with Gasteiger partial charge in [0.15, 0.2) is 0 Å². The summed E-state index contributed by atoms with van der Waals surface area (Å²) < 4.78 is 2.71. The molecular weight excluding hydrogens is 304 g/mol. The van der Waals surface area contributed by atoms with E-state index in [0.717, 1.165) is 23.8 Å². The van der Waals surface area contributed by atoms with E-state index < -0.39 is 0 Å². The van der Waals surface area contributed by atoms with Crippen LogP contribution in [0.4, 0.5) is 5.82 Å². The molecule has 0 radical (unpaired) electrons. The van der Waals surface area contributed by atoms with Crippen molar-refractivity contribution in [1.82, 2.24) is 9.13 Å². The molecule has 1 aliphatic rings. The topological polar surface area (TPSA) is 80.2 Å². The second-order valence-electron chi connectivity index (χ2n) is 6.18. The third-order valence-electron chi connectivity index (χ3n) is 4.51. The molecule has 128 valence electrons. The highest BCUT2D eigenvalue weighted by Gasteiger charge is 2.25. The number of aromatic nitrogens is 2. The molecule has 0 N–H and O–H groups in total. The molecule has 0 fully saturated rings. The molecule has 1 aromatic rings. The summed E-state index contributed by atoms with van der Waals surface area (Å²) in [6.07, 6.45) is 6.46. The van der Waals surface area contributed by atoms with Gasteiger partial charge >= 0.3 is 5.69 Å². The van der Waals surface area contributed by atoms with Gasteiger partial charge in [0.25, 0.3) is 5.56 Å². The lowest BCUT2D eigenvalue weighted by Gasteiger charge is -2.14. The van der Waals surface area contributed by atoms with Crippen molar-refractivity contribution < 1.29 is 0 Å². The summed E-state index contributed by atoms with van der Waals surface area (Å²) in [6, 6.07) is 2.15. The van der Waals surface area contributed by atoms with Gasteiger partial charge < -0.3 is 0 Å². The van der Waals surface area contributed by atoms with Crippen molar-refractivity contribution in [2.45, 2.75) is 52.0 Å². The number of nitriles is 1. The molecule has 1 aliphatic heterocycles. The monoisotopic (exact) mass is 328 g/mol. The second kappa shape index (κ2) is 7.91. The van der Waals surface area contributed by atoms with Crippen molar-refractivity contribution in [3.8, 4) is 6.07 Å². The smallest absolute Gasteiger partial charge is 0.278 e. The standard InChI is InChI=1S/C18H24N4O2/c1-4-6-7-11-22-16-14(17(23)21(3)18(22)24)10-9-13(8-5-2)15(12-19)20-16/h5,13H,2,4,6-11H2,1,3H3. The molecule has 0 saturated carbocycles. The lowest BCUT2D eigenvalue weighted by atomic mass is 9.94. The molecule has 0 amide bonds. The number of rotatable bonds is 6. The average molecular weight is 328 g/mol. The van der Waals surface area contributed by atoms with E-state index >= 15 is 0 Å². The minimum atomic E-state index is -0.363. The quantitative estimate of drug-likeness (QED) is 0.594. The number of allylic oxidation sites excluding steroid dienone is 1. The Kier molecular flexibility index (Phi) is 5.91. The third-order valence-corrected chi connectivity index (χ3v) is 4.51. The summed E-state index contributed by atoms with van der Waals surface area (Å²) in [6.45, 7) is 6.34. The Morgan fingerprint density at radius 3 is 2.79 bits per heavy atom. The number of aliphatic imine (C=N–C) groups is 1. The predicted octanol–water partition coefficient (Wildman–Crippen LogP) is 2.47. The molecule has 2 rings (SSSR count). The molecule has 0 aromatic carbocycles. The fourth-order valence-electron chi connectivity index (χ4n) is 3.10. The van der Waals surface area contributed by atoms with E-state index in [9.17, 15) is 14.9 Å². The molecule has 1 aromatic heterocycles. The predicted molar refractivity (Wildman–Crippen MR) is 94.8 cm³/mol. The van der Waals surface area contributed by atoms with Gasteiger partial charge in [-0.25, -0.2) is 9.79 Å². The molecule has 0 spiro atoms. The number of hydrogen-bond acceptors (Lipinski definition) is 4. The first-order valence-electron chi connectivity index (χ1n) is 8.47. The zero-order chi connectivity index (χ0) is 17.7. The summed E-state index contributed by atoms with van der Waals surface area (Å²) in [5.41, 5.74) is 0.249. The van der Waals surface area contributed by atoms with Gasteiger partial charge in [-0.2, -0.15) is 5.26 Å². The zero-order valence-electron chi connectivity index (χ0n) is 14.4. The first-order valence-corrected chi connectivity index (χ1v) is 8.47. The van der Waals surface area contributed by atoms with Crippen LogP contribution >= 0.6 is 0 Å². The lowest BCUT2D eigenvalue weighted by molar-refractivity contribution is 0.548. The fraction of sp³-hybridized carbons (Fsp3) is 0.556. The van der Waals surface area contributed by atoms with Gasteiger partial charge in [-0.15, -0.1) is 6.58 Å². The molecule has 0 aliphatic carbocycles. The number of hydrogen-bond donors (Lipinski definition) is 0. The molecule has 1 atom stereocenters. The SMILES string of the molecule is C=CCC1CCc2c(n(CCCCC)c(=O)n(C)c2=O)N=C1C#N. The van der Waals surface area contributed by atoms with Crippen LogP contribution in [0.3, 0.4) is 0 Å². The number of fused-ring (bicyclic) bond motifs is 1. The normalized spacial score (nSPS) is 16.7. The van der Waals surface area contributed by atoms with E-state index in [2.05, 4.69) is 24.6 Å². The summed E-state index contributed by atoms with van der Waals surface area (Å²) in [4.78, 5) is 29.5. The maximum Gasteiger partial charge on any atom is 0.332 e. The minimum Gasteiger partial charge on any atom is -0.278 e. The highest BCUT2D eigenvalue weighted by molar-refractivity contribution is 6.02. The van der Waals surface area contributed by atoms with Crippen molar-refractivity contribution in [2.24, 2.45) is 18.0 Å². The van der Waals surface area contributed by atoms with Crippen LogP contribution in [0, 0.1) is 17.2 Å². The van der Waals surface area contributed by atoms with Gasteiger partial charge in [-0.3, -0.25) is 13.9 Å². The van der Waals surface area contributed by atoms with Crippen molar-refractivity contribution in [3.63, 3.8) is 0 Å². The summed E-state index contributed by atoms with van der Waals surface area (Å²) >= 11 is 0. The van der Waals surface area contributed by atoms with Gasteiger partial charge in [0.2, 0.25) is 0 Å². The van der Waals surface area contributed by atoms with Crippen molar-refractivity contribution in [3.05, 3.63) is 39.1 Å². The second-order valence-corrected chi connectivity index (χ2v) is 6.18. The molecule has 0 bridgehead atoms. The van der Waals surface area contributed by atoms with Crippen molar-refractivity contribution in [2.75, 3.05) is 0 Å². The van der Waals surface area contributed by atoms with Crippen LogP contribution in [0.25, 0.3) is 0 Å². The molecule has 24 heavy (non-hydrogen) atoms. The Bertz CT molecular complexity index is 808. The maximum atomic E-state index is 12.5. The molecule has 0 saturated heterocycles. The number of unbranched alkanes of at least 4 members (excludes halogenated alkanes) is 2. The van der Waals surface area contributed by atoms with E-state index in [1.165, 1.54) is 7.05 Å². The molecular formula is C18H24N4O2. The Hall–Kier alpha value is -2.42. The highest BCUT2D eigenvalue weighted by atomic mass is 16.2. The Morgan fingerprint density at radius 1 is 1.42 bits per heavy atom. The first-order chi connectivity index (χ1) is 11.5. The Labute approximate surface area is 141 Å². The molecule has 6 heteroatoms. The Balaban J connectivity index is 2.63.